The van der Waals surface area contributed by atoms with Gasteiger partial charge >= 0.3 is 11.8 Å². The van der Waals surface area contributed by atoms with Crippen molar-refractivity contribution in [3.63, 3.8) is 0 Å². The zero-order chi connectivity index (χ0) is 24.5. The minimum Gasteiger partial charge on any atom is -0.494 e. The third-order valence-electron chi connectivity index (χ3n) is 5.39. The smallest absolute Gasteiger partial charge is 0.312 e. The van der Waals surface area contributed by atoms with Gasteiger partial charge in [0.2, 0.25) is 0 Å². The highest BCUT2D eigenvalue weighted by atomic mass is 16.5. The molecule has 2 amide bonds. The molecule has 0 bridgehead atoms. The Labute approximate surface area is 198 Å². The van der Waals surface area contributed by atoms with Gasteiger partial charge in [0.15, 0.2) is 0 Å². The first-order valence-corrected chi connectivity index (χ1v) is 11.1. The summed E-state index contributed by atoms with van der Waals surface area (Å²) < 4.78 is 11.3. The Morgan fingerprint density at radius 2 is 1.29 bits per heavy atom. The van der Waals surface area contributed by atoms with E-state index < -0.39 is 11.8 Å². The fourth-order valence-electron chi connectivity index (χ4n) is 3.52. The lowest BCUT2D eigenvalue weighted by Gasteiger charge is -2.33. The van der Waals surface area contributed by atoms with Gasteiger partial charge in [-0.15, -0.1) is 0 Å². The highest BCUT2D eigenvalue weighted by Crippen LogP contribution is 2.14. The topological polar surface area (TPSA) is 159 Å². The standard InChI is InChI=1S/C24H30N6O4/c25-21(26)17-6-8-19(9-7-17)33-14-2-10-29-12-13-30(24(32)23(29)31)11-3-15-34-20-5-1-4-18(16-20)22(27)28/h1,4-9,16H,2-3,10-15H2,(H3,25,26)(H3,27,28). The zero-order valence-corrected chi connectivity index (χ0v) is 19.0. The minimum absolute atomic E-state index is 0.000785. The summed E-state index contributed by atoms with van der Waals surface area (Å²) >= 11 is 0. The molecule has 0 saturated carbocycles. The molecular weight excluding hydrogens is 436 g/mol. The summed E-state index contributed by atoms with van der Waals surface area (Å²) in [6, 6.07) is 13.9. The van der Waals surface area contributed by atoms with Gasteiger partial charge in [0.1, 0.15) is 23.2 Å². The van der Waals surface area contributed by atoms with E-state index in [1.807, 2.05) is 0 Å². The van der Waals surface area contributed by atoms with E-state index in [0.29, 0.717) is 74.9 Å². The lowest BCUT2D eigenvalue weighted by atomic mass is 10.2. The Morgan fingerprint density at radius 1 is 0.765 bits per heavy atom. The summed E-state index contributed by atoms with van der Waals surface area (Å²) in [7, 11) is 0. The van der Waals surface area contributed by atoms with Gasteiger partial charge in [0.05, 0.1) is 13.2 Å². The summed E-state index contributed by atoms with van der Waals surface area (Å²) in [5, 5.41) is 14.9. The van der Waals surface area contributed by atoms with Crippen molar-refractivity contribution in [1.29, 1.82) is 10.8 Å². The van der Waals surface area contributed by atoms with Gasteiger partial charge in [0.25, 0.3) is 0 Å². The molecule has 1 aliphatic heterocycles. The van der Waals surface area contributed by atoms with Gasteiger partial charge in [-0.3, -0.25) is 20.4 Å². The van der Waals surface area contributed by atoms with Crippen LogP contribution >= 0.6 is 0 Å². The van der Waals surface area contributed by atoms with E-state index in [1.165, 1.54) is 0 Å². The van der Waals surface area contributed by atoms with Crippen LogP contribution in [-0.4, -0.2) is 72.7 Å². The van der Waals surface area contributed by atoms with Crippen LogP contribution in [0.4, 0.5) is 0 Å². The van der Waals surface area contributed by atoms with Crippen LogP contribution in [0.15, 0.2) is 48.5 Å². The number of nitrogens with one attached hydrogen (secondary N) is 2. The van der Waals surface area contributed by atoms with Crippen LogP contribution < -0.4 is 20.9 Å². The van der Waals surface area contributed by atoms with Crippen LogP contribution in [0.1, 0.15) is 24.0 Å². The second kappa shape index (κ2) is 11.7. The molecule has 10 nitrogen and oxygen atoms in total. The molecule has 1 fully saturated rings. The summed E-state index contributed by atoms with van der Waals surface area (Å²) in [4.78, 5) is 28.0. The van der Waals surface area contributed by atoms with Crippen molar-refractivity contribution in [1.82, 2.24) is 9.80 Å². The number of nitrogens with two attached hydrogens (primary N) is 2. The number of amidine groups is 2. The molecule has 2 aromatic rings. The van der Waals surface area contributed by atoms with Crippen molar-refractivity contribution in [3.05, 3.63) is 59.7 Å². The molecule has 0 aromatic heterocycles. The van der Waals surface area contributed by atoms with Gasteiger partial charge in [-0.1, -0.05) is 12.1 Å². The van der Waals surface area contributed by atoms with Gasteiger partial charge in [-0.05, 0) is 49.2 Å². The number of hydrogen-bond donors (Lipinski definition) is 4. The number of carbonyl (C=O) groups is 2. The maximum absolute atomic E-state index is 12.5. The van der Waals surface area contributed by atoms with Crippen LogP contribution in [0.5, 0.6) is 11.5 Å². The van der Waals surface area contributed by atoms with Crippen molar-refractivity contribution in [2.75, 3.05) is 39.4 Å². The SMILES string of the molecule is N=C(N)c1ccc(OCCCN2CCN(CCCOc3cccc(C(=N)N)c3)C(=O)C2=O)cc1. The molecule has 0 unspecified atom stereocenters. The molecule has 0 radical (unpaired) electrons. The summed E-state index contributed by atoms with van der Waals surface area (Å²) in [6.45, 7) is 2.64. The average Bonchev–Trinajstić information content (AvgIpc) is 2.83. The van der Waals surface area contributed by atoms with Crippen molar-refractivity contribution in [2.24, 2.45) is 11.5 Å². The Hall–Kier alpha value is -4.08. The maximum Gasteiger partial charge on any atom is 0.312 e. The molecule has 0 spiro atoms. The molecule has 6 N–H and O–H groups in total. The number of nitrogen functional groups attached to an aromatic ring is 2. The molecule has 3 rings (SSSR count). The van der Waals surface area contributed by atoms with Crippen molar-refractivity contribution in [3.8, 4) is 11.5 Å². The van der Waals surface area contributed by atoms with Crippen LogP contribution in [0, 0.1) is 10.8 Å². The van der Waals surface area contributed by atoms with Crippen LogP contribution in [0.2, 0.25) is 0 Å². The zero-order valence-electron chi connectivity index (χ0n) is 19.0. The number of rotatable bonds is 12. The summed E-state index contributed by atoms with van der Waals surface area (Å²) in [5.74, 6) is 0.255. The molecule has 10 heteroatoms. The summed E-state index contributed by atoms with van der Waals surface area (Å²) in [5.41, 5.74) is 12.1. The number of hydrogen-bond acceptors (Lipinski definition) is 6. The number of nitrogens with zero attached hydrogens (tertiary/aromatic N) is 2. The summed E-state index contributed by atoms with van der Waals surface area (Å²) in [6.07, 6.45) is 1.18. The second-order valence-electron chi connectivity index (χ2n) is 7.87. The molecule has 1 aliphatic rings. The Balaban J connectivity index is 1.34. The van der Waals surface area contributed by atoms with E-state index in [1.54, 1.807) is 58.3 Å². The number of carbonyl (C=O) groups excluding carboxylic acids is 2. The van der Waals surface area contributed by atoms with Crippen LogP contribution in [0.3, 0.4) is 0 Å². The second-order valence-corrected chi connectivity index (χ2v) is 7.87. The molecule has 180 valence electrons. The lowest BCUT2D eigenvalue weighted by Crippen LogP contribution is -2.54. The molecule has 34 heavy (non-hydrogen) atoms. The number of benzene rings is 2. The van der Waals surface area contributed by atoms with Gasteiger partial charge in [-0.2, -0.15) is 0 Å². The number of amides is 2. The third-order valence-corrected chi connectivity index (χ3v) is 5.39. The monoisotopic (exact) mass is 466 g/mol. The van der Waals surface area contributed by atoms with E-state index in [2.05, 4.69) is 0 Å². The van der Waals surface area contributed by atoms with Gasteiger partial charge < -0.3 is 30.7 Å². The Bertz CT molecular complexity index is 1040. The number of piperazine rings is 1. The highest BCUT2D eigenvalue weighted by molar-refractivity contribution is 6.35. The first-order chi connectivity index (χ1) is 16.3. The van der Waals surface area contributed by atoms with Crippen LogP contribution in [0.25, 0.3) is 0 Å². The van der Waals surface area contributed by atoms with Gasteiger partial charge in [-0.25, -0.2) is 0 Å². The van der Waals surface area contributed by atoms with Gasteiger partial charge in [0, 0.05) is 37.3 Å². The molecule has 1 heterocycles. The third kappa shape index (κ3) is 6.71. The molecule has 0 aliphatic carbocycles. The fraction of sp³-hybridized carbons (Fsp3) is 0.333. The average molecular weight is 467 g/mol. The van der Waals surface area contributed by atoms with E-state index in [4.69, 9.17) is 31.8 Å². The van der Waals surface area contributed by atoms with Crippen molar-refractivity contribution >= 4 is 23.5 Å². The first-order valence-electron chi connectivity index (χ1n) is 11.1. The Morgan fingerprint density at radius 3 is 1.82 bits per heavy atom. The molecule has 0 atom stereocenters. The van der Waals surface area contributed by atoms with Crippen LogP contribution in [-0.2, 0) is 9.59 Å². The molecule has 1 saturated heterocycles. The van der Waals surface area contributed by atoms with E-state index in [9.17, 15) is 9.59 Å². The Kier molecular flexibility index (Phi) is 8.44. The highest BCUT2D eigenvalue weighted by Gasteiger charge is 2.31. The maximum atomic E-state index is 12.5. The normalized spacial score (nSPS) is 13.6. The predicted molar refractivity (Wildman–Crippen MR) is 128 cm³/mol. The van der Waals surface area contributed by atoms with Crippen molar-refractivity contribution in [2.45, 2.75) is 12.8 Å². The first kappa shape index (κ1) is 24.6. The van der Waals surface area contributed by atoms with Crippen molar-refractivity contribution < 1.29 is 19.1 Å². The lowest BCUT2D eigenvalue weighted by molar-refractivity contribution is -0.156. The molecule has 2 aromatic carbocycles. The minimum atomic E-state index is -0.495. The van der Waals surface area contributed by atoms with E-state index in [-0.39, 0.29) is 11.7 Å². The van der Waals surface area contributed by atoms with E-state index >= 15 is 0 Å². The quantitative estimate of drug-likeness (QED) is 0.159. The molecular formula is C24H30N6O4. The number of ether oxygens (including phenoxy) is 2. The predicted octanol–water partition coefficient (Wildman–Crippen LogP) is 1.16. The van der Waals surface area contributed by atoms with E-state index in [0.717, 1.165) is 0 Å². The fourth-order valence-corrected chi connectivity index (χ4v) is 3.52. The largest absolute Gasteiger partial charge is 0.494 e.